The number of phenolic OH excluding ortho intramolecular Hbond substituents is 1. The number of Topliss-reactive ketones (excluding diaryl/α,β-unsaturated/α-hetero) is 4. The standard InChI is InChI=1S/C26H30ClN3O8/c1-29(2)20-14-4-11-3-13-17(15(32)5-12(19(13)27)8-30-6-10(7-30)9-31)21(33)16(11)23(35)26(14,38)24(36)18(22(20)34)25(28)37/h5,10-11,14,16,18,20,31-32,38H,3-4,6-9H2,1-2H3,(H2,28,37)/t11-,14-,16?,18?,20-,26-/m0/s1. The predicted molar refractivity (Wildman–Crippen MR) is 132 cm³/mol. The number of benzene rings is 1. The van der Waals surface area contributed by atoms with Crippen molar-refractivity contribution in [2.24, 2.45) is 35.3 Å². The van der Waals surface area contributed by atoms with E-state index in [4.69, 9.17) is 17.3 Å². The highest BCUT2D eigenvalue weighted by atomic mass is 35.5. The fourth-order valence-electron chi connectivity index (χ4n) is 6.98. The van der Waals surface area contributed by atoms with E-state index >= 15 is 0 Å². The number of likely N-dealkylation sites (N-methyl/N-ethyl adjacent to an activating group) is 1. The highest BCUT2D eigenvalue weighted by Crippen LogP contribution is 2.51. The molecule has 1 amide bonds. The van der Waals surface area contributed by atoms with Crippen molar-refractivity contribution >= 4 is 40.6 Å². The Bertz CT molecular complexity index is 1280. The Labute approximate surface area is 223 Å². The van der Waals surface area contributed by atoms with Crippen molar-refractivity contribution in [3.63, 3.8) is 0 Å². The van der Waals surface area contributed by atoms with Crippen LogP contribution in [0.1, 0.15) is 27.9 Å². The number of phenols is 1. The first-order valence-electron chi connectivity index (χ1n) is 12.5. The lowest BCUT2D eigenvalue weighted by Gasteiger charge is -2.52. The number of likely N-dealkylation sites (tertiary alicyclic amines) is 1. The first-order chi connectivity index (χ1) is 17.8. The van der Waals surface area contributed by atoms with E-state index in [0.29, 0.717) is 35.8 Å². The molecule has 11 nitrogen and oxygen atoms in total. The van der Waals surface area contributed by atoms with Gasteiger partial charge in [-0.1, -0.05) is 11.6 Å². The van der Waals surface area contributed by atoms with Crippen LogP contribution in [0.4, 0.5) is 0 Å². The number of primary amides is 1. The Morgan fingerprint density at radius 3 is 2.45 bits per heavy atom. The molecule has 4 aliphatic rings. The Balaban J connectivity index is 1.55. The maximum absolute atomic E-state index is 13.8. The molecule has 3 aliphatic carbocycles. The van der Waals surface area contributed by atoms with Gasteiger partial charge in [0, 0.05) is 43.1 Å². The predicted octanol–water partition coefficient (Wildman–Crippen LogP) is -1.06. The van der Waals surface area contributed by atoms with E-state index < -0.39 is 64.4 Å². The topological polar surface area (TPSA) is 179 Å². The number of rotatable bonds is 5. The largest absolute Gasteiger partial charge is 0.507 e. The summed E-state index contributed by atoms with van der Waals surface area (Å²) in [4.78, 5) is 69.4. The number of aliphatic hydroxyl groups excluding tert-OH is 1. The zero-order valence-corrected chi connectivity index (χ0v) is 21.8. The van der Waals surface area contributed by atoms with Crippen molar-refractivity contribution in [3.8, 4) is 5.75 Å². The van der Waals surface area contributed by atoms with Crippen molar-refractivity contribution in [3.05, 3.63) is 27.8 Å². The molecule has 0 radical (unpaired) electrons. The first kappa shape index (κ1) is 26.9. The third-order valence-electron chi connectivity index (χ3n) is 8.75. The van der Waals surface area contributed by atoms with Gasteiger partial charge in [-0.3, -0.25) is 33.8 Å². The number of aromatic hydroxyl groups is 1. The van der Waals surface area contributed by atoms with Gasteiger partial charge >= 0.3 is 0 Å². The summed E-state index contributed by atoms with van der Waals surface area (Å²) < 4.78 is 0. The molecule has 1 saturated heterocycles. The smallest absolute Gasteiger partial charge is 0.235 e. The van der Waals surface area contributed by atoms with Crippen LogP contribution in [-0.2, 0) is 32.1 Å². The quantitative estimate of drug-likeness (QED) is 0.332. The van der Waals surface area contributed by atoms with Crippen LogP contribution in [0.25, 0.3) is 0 Å². The van der Waals surface area contributed by atoms with Gasteiger partial charge in [0.25, 0.3) is 0 Å². The molecular formula is C26H30ClN3O8. The maximum atomic E-state index is 13.8. The van der Waals surface area contributed by atoms with Crippen molar-refractivity contribution in [1.82, 2.24) is 9.80 Å². The molecule has 3 fully saturated rings. The minimum Gasteiger partial charge on any atom is -0.507 e. The average molecular weight is 548 g/mol. The van der Waals surface area contributed by atoms with Crippen LogP contribution < -0.4 is 5.73 Å². The van der Waals surface area contributed by atoms with E-state index in [1.807, 2.05) is 4.90 Å². The maximum Gasteiger partial charge on any atom is 0.235 e. The second-order valence-corrected chi connectivity index (χ2v) is 11.6. The lowest BCUT2D eigenvalue weighted by molar-refractivity contribution is -0.181. The van der Waals surface area contributed by atoms with Gasteiger partial charge in [-0.15, -0.1) is 0 Å². The molecule has 0 spiro atoms. The van der Waals surface area contributed by atoms with Gasteiger partial charge in [0.2, 0.25) is 5.91 Å². The van der Waals surface area contributed by atoms with Crippen LogP contribution in [0.3, 0.4) is 0 Å². The van der Waals surface area contributed by atoms with Gasteiger partial charge in [0.15, 0.2) is 34.7 Å². The zero-order valence-electron chi connectivity index (χ0n) is 21.0. The number of carbonyl (C=O) groups excluding carboxylic acids is 5. The number of halogens is 1. The van der Waals surface area contributed by atoms with Gasteiger partial charge in [-0.05, 0) is 50.0 Å². The number of amides is 1. The van der Waals surface area contributed by atoms with Crippen LogP contribution in [0.5, 0.6) is 5.75 Å². The normalized spacial score (nSPS) is 33.6. The van der Waals surface area contributed by atoms with Gasteiger partial charge in [-0.2, -0.15) is 0 Å². The van der Waals surface area contributed by atoms with E-state index in [0.717, 1.165) is 0 Å². The molecule has 1 aromatic rings. The summed E-state index contributed by atoms with van der Waals surface area (Å²) in [6, 6.07) is 0.226. The van der Waals surface area contributed by atoms with E-state index in [-0.39, 0.29) is 36.7 Å². The minimum absolute atomic E-state index is 0.0322. The molecule has 12 heteroatoms. The number of aliphatic hydroxyl groups is 2. The van der Waals surface area contributed by atoms with Crippen molar-refractivity contribution in [2.45, 2.75) is 31.0 Å². The third kappa shape index (κ3) is 3.67. The van der Waals surface area contributed by atoms with Crippen LogP contribution in [0.15, 0.2) is 6.07 Å². The molecule has 5 rings (SSSR count). The Morgan fingerprint density at radius 1 is 1.21 bits per heavy atom. The highest BCUT2D eigenvalue weighted by Gasteiger charge is 2.69. The fourth-order valence-corrected chi connectivity index (χ4v) is 7.27. The zero-order chi connectivity index (χ0) is 27.8. The SMILES string of the molecule is CN(C)[C@@H]1C(=O)C(C(N)=O)C(=O)[C@@]2(O)C(=O)C3C(=O)c4c(O)cc(CN5CC(CO)C5)c(Cl)c4C[C@H]3C[C@@H]12. The van der Waals surface area contributed by atoms with Crippen LogP contribution in [0.2, 0.25) is 5.02 Å². The lowest BCUT2D eigenvalue weighted by Crippen LogP contribution is -2.74. The van der Waals surface area contributed by atoms with Gasteiger partial charge in [0.05, 0.1) is 17.5 Å². The number of hydrogen-bond acceptors (Lipinski definition) is 10. The highest BCUT2D eigenvalue weighted by molar-refractivity contribution is 6.34. The first-order valence-corrected chi connectivity index (χ1v) is 12.9. The van der Waals surface area contributed by atoms with Crippen LogP contribution in [-0.4, -0.2) is 99.6 Å². The molecular weight excluding hydrogens is 518 g/mol. The molecule has 0 aromatic heterocycles. The molecule has 2 saturated carbocycles. The van der Waals surface area contributed by atoms with Crippen LogP contribution >= 0.6 is 11.6 Å². The Hall–Kier alpha value is -2.70. The lowest BCUT2D eigenvalue weighted by atomic mass is 9.52. The molecule has 204 valence electrons. The minimum atomic E-state index is -2.75. The molecule has 5 N–H and O–H groups in total. The summed E-state index contributed by atoms with van der Waals surface area (Å²) in [7, 11) is 3.07. The van der Waals surface area contributed by atoms with E-state index in [2.05, 4.69) is 0 Å². The van der Waals surface area contributed by atoms with Crippen molar-refractivity contribution < 1.29 is 39.3 Å². The molecule has 1 aromatic carbocycles. The fraction of sp³-hybridized carbons (Fsp3) is 0.577. The van der Waals surface area contributed by atoms with Gasteiger partial charge in [0.1, 0.15) is 5.75 Å². The second-order valence-electron chi connectivity index (χ2n) is 11.3. The monoisotopic (exact) mass is 547 g/mol. The molecule has 0 bridgehead atoms. The molecule has 2 unspecified atom stereocenters. The molecule has 1 aliphatic heterocycles. The van der Waals surface area contributed by atoms with Gasteiger partial charge in [-0.25, -0.2) is 0 Å². The summed E-state index contributed by atoms with van der Waals surface area (Å²) in [5.41, 5.74) is 3.43. The number of fused-ring (bicyclic) bond motifs is 3. The number of hydrogen-bond donors (Lipinski definition) is 4. The number of nitrogens with zero attached hydrogens (tertiary/aromatic N) is 2. The summed E-state index contributed by atoms with van der Waals surface area (Å²) in [6.07, 6.45) is 0.0842. The number of nitrogens with two attached hydrogens (primary N) is 1. The summed E-state index contributed by atoms with van der Waals surface area (Å²) in [5, 5.41) is 32.0. The molecule has 6 atom stereocenters. The molecule has 1 heterocycles. The average Bonchev–Trinajstić information content (AvgIpc) is 2.80. The summed E-state index contributed by atoms with van der Waals surface area (Å²) in [5.74, 6) is -10.7. The number of carbonyl (C=O) groups is 5. The van der Waals surface area contributed by atoms with E-state index in [1.54, 1.807) is 0 Å². The van der Waals surface area contributed by atoms with Crippen molar-refractivity contribution in [1.29, 1.82) is 0 Å². The molecule has 38 heavy (non-hydrogen) atoms. The third-order valence-corrected chi connectivity index (χ3v) is 9.23. The second kappa shape index (κ2) is 9.20. The van der Waals surface area contributed by atoms with Crippen molar-refractivity contribution in [2.75, 3.05) is 33.8 Å². The Kier molecular flexibility index (Phi) is 6.51. The van der Waals surface area contributed by atoms with E-state index in [1.165, 1.54) is 25.1 Å². The van der Waals surface area contributed by atoms with Crippen LogP contribution in [0, 0.1) is 29.6 Å². The Morgan fingerprint density at radius 2 is 1.87 bits per heavy atom. The number of ketones is 4. The van der Waals surface area contributed by atoms with E-state index in [9.17, 15) is 39.3 Å². The summed E-state index contributed by atoms with van der Waals surface area (Å²) in [6.45, 7) is 1.82. The van der Waals surface area contributed by atoms with Gasteiger partial charge < -0.3 is 21.1 Å². The summed E-state index contributed by atoms with van der Waals surface area (Å²) >= 11 is 6.73.